The van der Waals surface area contributed by atoms with E-state index in [1.165, 1.54) is 6.07 Å². The SMILES string of the molecule is Cc1cccc(COc2ccc(Cl)cc2[C@H]2c3sc(=O)[nH]c3SC3C(=O)N(c4cccc(C(F)(F)F)c4)C(=O)C32)c1. The Morgan fingerprint density at radius 1 is 1.00 bits per heavy atom. The van der Waals surface area contributed by atoms with Gasteiger partial charge in [0.25, 0.3) is 0 Å². The number of anilines is 1. The van der Waals surface area contributed by atoms with E-state index in [0.717, 1.165) is 57.3 Å². The molecule has 6 rings (SSSR count). The smallest absolute Gasteiger partial charge is 0.416 e. The number of aromatic amines is 1. The number of nitrogens with one attached hydrogen (secondary N) is 1. The number of benzene rings is 3. The highest BCUT2D eigenvalue weighted by atomic mass is 35.5. The van der Waals surface area contributed by atoms with Crippen LogP contribution in [0.2, 0.25) is 5.02 Å². The number of carbonyl (C=O) groups excluding carboxylic acids is 2. The Morgan fingerprint density at radius 2 is 1.78 bits per heavy atom. The van der Waals surface area contributed by atoms with Gasteiger partial charge in [0, 0.05) is 21.4 Å². The van der Waals surface area contributed by atoms with Crippen LogP contribution in [-0.4, -0.2) is 22.0 Å². The number of H-pyrrole nitrogens is 1. The number of fused-ring (bicyclic) bond motifs is 2. The molecule has 2 aliphatic heterocycles. The summed E-state index contributed by atoms with van der Waals surface area (Å²) >= 11 is 8.36. The number of ether oxygens (including phenoxy) is 1. The Balaban J connectivity index is 1.44. The molecule has 3 atom stereocenters. The molecule has 41 heavy (non-hydrogen) atoms. The third kappa shape index (κ3) is 5.06. The summed E-state index contributed by atoms with van der Waals surface area (Å²) in [6.07, 6.45) is -4.65. The molecule has 1 saturated heterocycles. The van der Waals surface area contributed by atoms with Crippen molar-refractivity contribution in [2.75, 3.05) is 4.90 Å². The molecule has 1 N–H and O–H groups in total. The third-order valence-electron chi connectivity index (χ3n) is 7.04. The average molecular weight is 617 g/mol. The minimum Gasteiger partial charge on any atom is -0.489 e. The Bertz CT molecular complexity index is 1750. The fourth-order valence-corrected chi connectivity index (χ4v) is 7.97. The Kier molecular flexibility index (Phi) is 6.99. The van der Waals surface area contributed by atoms with Gasteiger partial charge in [0.05, 0.1) is 22.2 Å². The molecule has 1 aromatic heterocycles. The average Bonchev–Trinajstić information content (AvgIpc) is 3.41. The highest BCUT2D eigenvalue weighted by Crippen LogP contribution is 2.55. The molecule has 12 heteroatoms. The number of hydrogen-bond donors (Lipinski definition) is 1. The monoisotopic (exact) mass is 616 g/mol. The minimum absolute atomic E-state index is 0.164. The van der Waals surface area contributed by atoms with Gasteiger partial charge < -0.3 is 9.72 Å². The van der Waals surface area contributed by atoms with Gasteiger partial charge in [-0.25, -0.2) is 4.90 Å². The first kappa shape index (κ1) is 27.6. The molecule has 2 unspecified atom stereocenters. The minimum atomic E-state index is -4.65. The molecule has 2 amide bonds. The third-order valence-corrected chi connectivity index (χ3v) is 9.68. The van der Waals surface area contributed by atoms with E-state index in [4.69, 9.17) is 16.3 Å². The molecular weight excluding hydrogens is 597 g/mol. The summed E-state index contributed by atoms with van der Waals surface area (Å²) in [4.78, 5) is 43.8. The second kappa shape index (κ2) is 10.4. The fourth-order valence-electron chi connectivity index (χ4n) is 5.28. The lowest BCUT2D eigenvalue weighted by Crippen LogP contribution is -2.32. The van der Waals surface area contributed by atoms with Crippen LogP contribution in [0.4, 0.5) is 18.9 Å². The topological polar surface area (TPSA) is 79.5 Å². The zero-order chi connectivity index (χ0) is 29.1. The summed E-state index contributed by atoms with van der Waals surface area (Å²) in [5, 5.41) is -0.195. The van der Waals surface area contributed by atoms with Gasteiger partial charge in [-0.1, -0.05) is 70.6 Å². The lowest BCUT2D eigenvalue weighted by Gasteiger charge is -2.31. The highest BCUT2D eigenvalue weighted by Gasteiger charge is 2.57. The van der Waals surface area contributed by atoms with Gasteiger partial charge in [0.2, 0.25) is 11.8 Å². The van der Waals surface area contributed by atoms with Gasteiger partial charge in [-0.2, -0.15) is 13.2 Å². The second-order valence-electron chi connectivity index (χ2n) is 9.77. The zero-order valence-corrected chi connectivity index (χ0v) is 23.6. The highest BCUT2D eigenvalue weighted by molar-refractivity contribution is 8.00. The van der Waals surface area contributed by atoms with Crippen LogP contribution >= 0.6 is 34.7 Å². The van der Waals surface area contributed by atoms with Gasteiger partial charge in [-0.05, 0) is 48.9 Å². The van der Waals surface area contributed by atoms with Gasteiger partial charge in [-0.15, -0.1) is 0 Å². The van der Waals surface area contributed by atoms with Crippen LogP contribution in [-0.2, 0) is 22.4 Å². The molecule has 0 aliphatic carbocycles. The maximum atomic E-state index is 14.0. The number of halogens is 4. The van der Waals surface area contributed by atoms with E-state index >= 15 is 0 Å². The molecule has 210 valence electrons. The van der Waals surface area contributed by atoms with E-state index in [9.17, 15) is 27.6 Å². The number of nitrogens with zero attached hydrogens (tertiary/aromatic N) is 1. The predicted molar refractivity (Wildman–Crippen MR) is 151 cm³/mol. The van der Waals surface area contributed by atoms with Crippen molar-refractivity contribution in [3.63, 3.8) is 0 Å². The van der Waals surface area contributed by atoms with Crippen LogP contribution in [0.5, 0.6) is 5.75 Å². The van der Waals surface area contributed by atoms with E-state index in [0.29, 0.717) is 26.2 Å². The number of amides is 2. The molecule has 6 nitrogen and oxygen atoms in total. The van der Waals surface area contributed by atoms with E-state index in [1.807, 2.05) is 31.2 Å². The zero-order valence-electron chi connectivity index (χ0n) is 21.2. The van der Waals surface area contributed by atoms with Crippen molar-refractivity contribution in [3.05, 3.63) is 109 Å². The van der Waals surface area contributed by atoms with E-state index in [-0.39, 0.29) is 17.2 Å². The van der Waals surface area contributed by atoms with Crippen molar-refractivity contribution in [2.45, 2.75) is 35.9 Å². The van der Waals surface area contributed by atoms with E-state index < -0.39 is 40.6 Å². The van der Waals surface area contributed by atoms with Gasteiger partial charge in [-0.3, -0.25) is 14.4 Å². The molecule has 4 aromatic rings. The molecule has 0 saturated carbocycles. The second-order valence-corrected chi connectivity index (χ2v) is 12.4. The van der Waals surface area contributed by atoms with Crippen molar-refractivity contribution < 1.29 is 27.5 Å². The summed E-state index contributed by atoms with van der Waals surface area (Å²) in [7, 11) is 0. The molecule has 0 radical (unpaired) electrons. The number of hydrogen-bond acceptors (Lipinski definition) is 6. The van der Waals surface area contributed by atoms with Crippen LogP contribution < -0.4 is 14.5 Å². The summed E-state index contributed by atoms with van der Waals surface area (Å²) in [6, 6.07) is 16.9. The molecular formula is C29H20ClF3N2O4S2. The quantitative estimate of drug-likeness (QED) is 0.250. The van der Waals surface area contributed by atoms with Crippen LogP contribution in [0.15, 0.2) is 76.6 Å². The van der Waals surface area contributed by atoms with Crippen LogP contribution in [0, 0.1) is 12.8 Å². The summed E-state index contributed by atoms with van der Waals surface area (Å²) in [6.45, 7) is 2.18. The predicted octanol–water partition coefficient (Wildman–Crippen LogP) is 6.79. The number of aryl methyl sites for hydroxylation is 1. The fraction of sp³-hybridized carbons (Fsp3) is 0.207. The van der Waals surface area contributed by atoms with E-state index in [2.05, 4.69) is 4.98 Å². The molecule has 0 bridgehead atoms. The number of thioether (sulfide) groups is 1. The Labute approximate surface area is 245 Å². The van der Waals surface area contributed by atoms with Gasteiger partial charge >= 0.3 is 11.0 Å². The van der Waals surface area contributed by atoms with Gasteiger partial charge in [0.1, 0.15) is 17.6 Å². The molecule has 0 spiro atoms. The molecule has 3 heterocycles. The number of alkyl halides is 3. The lowest BCUT2D eigenvalue weighted by atomic mass is 9.82. The first-order valence-electron chi connectivity index (χ1n) is 12.4. The first-order chi connectivity index (χ1) is 19.5. The van der Waals surface area contributed by atoms with Crippen molar-refractivity contribution in [3.8, 4) is 5.75 Å². The van der Waals surface area contributed by atoms with E-state index in [1.54, 1.807) is 18.2 Å². The molecule has 3 aromatic carbocycles. The number of thiazole rings is 1. The number of imide groups is 1. The summed E-state index contributed by atoms with van der Waals surface area (Å²) < 4.78 is 46.6. The maximum Gasteiger partial charge on any atom is 0.416 e. The van der Waals surface area contributed by atoms with Crippen LogP contribution in [0.3, 0.4) is 0 Å². The Morgan fingerprint density at radius 3 is 2.54 bits per heavy atom. The van der Waals surface area contributed by atoms with Crippen LogP contribution in [0.25, 0.3) is 0 Å². The van der Waals surface area contributed by atoms with Crippen LogP contribution in [0.1, 0.15) is 33.0 Å². The maximum absolute atomic E-state index is 14.0. The normalized spacial score (nSPS) is 20.2. The number of aromatic nitrogens is 1. The van der Waals surface area contributed by atoms with Crippen molar-refractivity contribution in [1.82, 2.24) is 4.98 Å². The summed E-state index contributed by atoms with van der Waals surface area (Å²) in [5.41, 5.74) is 1.34. The first-order valence-corrected chi connectivity index (χ1v) is 14.5. The Hall–Kier alpha value is -3.54. The molecule has 2 aliphatic rings. The van der Waals surface area contributed by atoms with Crippen molar-refractivity contribution in [2.24, 2.45) is 5.92 Å². The summed E-state index contributed by atoms with van der Waals surface area (Å²) in [5.74, 6) is -2.72. The standard InChI is InChI=1S/C29H20ClF3N2O4S2/c1-14-4-2-5-15(10-14)13-39-20-9-8-17(30)12-19(20)21-22-24(40-25-23(21)41-28(38)34-25)27(37)35(26(22)36)18-7-3-6-16(11-18)29(31,32)33/h2-12,21-22,24H,13H2,1H3,(H,34,38)/t21-,22?,24?/m1/s1. The lowest BCUT2D eigenvalue weighted by molar-refractivity contribution is -0.137. The largest absolute Gasteiger partial charge is 0.489 e. The van der Waals surface area contributed by atoms with Gasteiger partial charge in [0.15, 0.2) is 0 Å². The van der Waals surface area contributed by atoms with Crippen molar-refractivity contribution >= 4 is 52.2 Å². The molecule has 1 fully saturated rings. The number of rotatable bonds is 5. The number of carbonyl (C=O) groups is 2. The van der Waals surface area contributed by atoms with Crippen molar-refractivity contribution in [1.29, 1.82) is 0 Å².